The van der Waals surface area contributed by atoms with E-state index in [1.807, 2.05) is 24.3 Å². The Morgan fingerprint density at radius 3 is 2.58 bits per heavy atom. The van der Waals surface area contributed by atoms with Gasteiger partial charge in [0.1, 0.15) is 24.1 Å². The first-order valence-electron chi connectivity index (χ1n) is 5.82. The molecule has 0 spiro atoms. The van der Waals surface area contributed by atoms with Gasteiger partial charge in [-0.2, -0.15) is 0 Å². The van der Waals surface area contributed by atoms with Crippen molar-refractivity contribution in [2.45, 2.75) is 9.92 Å². The van der Waals surface area contributed by atoms with Gasteiger partial charge < -0.3 is 20.9 Å². The summed E-state index contributed by atoms with van der Waals surface area (Å²) in [5.74, 6) is 1.89. The Morgan fingerprint density at radius 2 is 1.79 bits per heavy atom. The average Bonchev–Trinajstić information content (AvgIpc) is 2.43. The van der Waals surface area contributed by atoms with Gasteiger partial charge in [0.2, 0.25) is 0 Å². The lowest BCUT2D eigenvalue weighted by molar-refractivity contribution is 0.171. The van der Waals surface area contributed by atoms with Crippen LogP contribution >= 0.6 is 11.8 Å². The third kappa shape index (κ3) is 2.53. The van der Waals surface area contributed by atoms with Crippen LogP contribution in [-0.4, -0.2) is 18.2 Å². The smallest absolute Gasteiger partial charge is 0.162 e. The summed E-state index contributed by atoms with van der Waals surface area (Å²) >= 11 is 1.50. The molecule has 0 saturated heterocycles. The normalized spacial score (nSPS) is 13.3. The van der Waals surface area contributed by atoms with Crippen LogP contribution in [-0.2, 0) is 0 Å². The topological polar surface area (TPSA) is 83.4 Å². The molecule has 0 radical (unpaired) electrons. The molecule has 0 unspecified atom stereocenters. The number of hydrogen-bond donors (Lipinski definition) is 2. The highest BCUT2D eigenvalue weighted by Gasteiger charge is 2.12. The second-order valence-corrected chi connectivity index (χ2v) is 5.13. The molecule has 0 aliphatic carbocycles. The van der Waals surface area contributed by atoms with E-state index in [0.29, 0.717) is 24.7 Å². The summed E-state index contributed by atoms with van der Waals surface area (Å²) in [7, 11) is 0. The number of anilines is 2. The van der Waals surface area contributed by atoms with Gasteiger partial charge in [-0.1, -0.05) is 11.8 Å². The van der Waals surface area contributed by atoms with E-state index in [1.54, 1.807) is 6.07 Å². The van der Waals surface area contributed by atoms with Crippen molar-refractivity contribution >= 4 is 23.3 Å². The Balaban J connectivity index is 1.84. The Hall–Kier alpha value is -2.08. The number of hydrogen-bond acceptors (Lipinski definition) is 6. The van der Waals surface area contributed by atoms with E-state index in [-0.39, 0.29) is 0 Å². The Labute approximate surface area is 114 Å². The molecular formula is C13H13N3O2S. The first-order valence-corrected chi connectivity index (χ1v) is 6.63. The van der Waals surface area contributed by atoms with Crippen molar-refractivity contribution in [3.8, 4) is 11.5 Å². The quantitative estimate of drug-likeness (QED) is 0.874. The second kappa shape index (κ2) is 4.89. The van der Waals surface area contributed by atoms with Gasteiger partial charge in [0.25, 0.3) is 0 Å². The maximum atomic E-state index is 5.69. The monoisotopic (exact) mass is 275 g/mol. The minimum absolute atomic E-state index is 0.350. The SMILES string of the molecule is Nc1ccc(Sc2ccc3c(c2)OCCO3)nc1N. The number of rotatable bonds is 2. The van der Waals surface area contributed by atoms with E-state index in [4.69, 9.17) is 20.9 Å². The molecule has 1 aromatic heterocycles. The van der Waals surface area contributed by atoms with Crippen LogP contribution in [0, 0.1) is 0 Å². The van der Waals surface area contributed by atoms with Gasteiger partial charge in [0.15, 0.2) is 11.5 Å². The number of pyridine rings is 1. The third-order valence-corrected chi connectivity index (χ3v) is 3.59. The molecule has 0 fully saturated rings. The summed E-state index contributed by atoms with van der Waals surface area (Å²) in [6, 6.07) is 9.40. The number of nitrogens with two attached hydrogens (primary N) is 2. The maximum absolute atomic E-state index is 5.69. The minimum Gasteiger partial charge on any atom is -0.486 e. The fourth-order valence-corrected chi connectivity index (χ4v) is 2.56. The van der Waals surface area contributed by atoms with Crippen LogP contribution in [0.5, 0.6) is 11.5 Å². The van der Waals surface area contributed by atoms with Gasteiger partial charge in [-0.05, 0) is 30.3 Å². The zero-order valence-corrected chi connectivity index (χ0v) is 10.9. The molecule has 3 rings (SSSR count). The number of ether oxygens (including phenoxy) is 2. The lowest BCUT2D eigenvalue weighted by Gasteiger charge is -2.18. The van der Waals surface area contributed by atoms with E-state index in [1.165, 1.54) is 11.8 Å². The van der Waals surface area contributed by atoms with E-state index in [9.17, 15) is 0 Å². The van der Waals surface area contributed by atoms with Crippen molar-refractivity contribution in [2.24, 2.45) is 0 Å². The highest BCUT2D eigenvalue weighted by Crippen LogP contribution is 2.36. The zero-order chi connectivity index (χ0) is 13.2. The number of benzene rings is 1. The van der Waals surface area contributed by atoms with Crippen molar-refractivity contribution in [2.75, 3.05) is 24.7 Å². The fourth-order valence-electron chi connectivity index (χ4n) is 1.73. The van der Waals surface area contributed by atoms with Crippen molar-refractivity contribution < 1.29 is 9.47 Å². The highest BCUT2D eigenvalue weighted by molar-refractivity contribution is 7.99. The predicted octanol–water partition coefficient (Wildman–Crippen LogP) is 2.17. The lowest BCUT2D eigenvalue weighted by Crippen LogP contribution is -2.15. The molecule has 2 aromatic rings. The molecule has 0 atom stereocenters. The maximum Gasteiger partial charge on any atom is 0.162 e. The summed E-state index contributed by atoms with van der Waals surface area (Å²) in [6.07, 6.45) is 0. The van der Waals surface area contributed by atoms with Crippen LogP contribution in [0.25, 0.3) is 0 Å². The number of fused-ring (bicyclic) bond motifs is 1. The molecule has 19 heavy (non-hydrogen) atoms. The minimum atomic E-state index is 0.350. The Bertz CT molecular complexity index is 619. The molecule has 1 aliphatic heterocycles. The molecule has 5 nitrogen and oxygen atoms in total. The van der Waals surface area contributed by atoms with Crippen molar-refractivity contribution in [1.82, 2.24) is 4.98 Å². The largest absolute Gasteiger partial charge is 0.486 e. The van der Waals surface area contributed by atoms with Gasteiger partial charge in [-0.25, -0.2) is 4.98 Å². The molecule has 2 heterocycles. The molecule has 4 N–H and O–H groups in total. The predicted molar refractivity (Wildman–Crippen MR) is 74.6 cm³/mol. The molecule has 0 bridgehead atoms. The molecule has 0 saturated carbocycles. The molecule has 1 aromatic carbocycles. The third-order valence-electron chi connectivity index (χ3n) is 2.67. The van der Waals surface area contributed by atoms with Crippen LogP contribution in [0.2, 0.25) is 0 Å². The molecule has 0 amide bonds. The summed E-state index contributed by atoms with van der Waals surface area (Å²) in [5, 5.41) is 0.795. The van der Waals surface area contributed by atoms with Gasteiger partial charge >= 0.3 is 0 Å². The first kappa shape index (κ1) is 12.0. The van der Waals surface area contributed by atoms with Crippen molar-refractivity contribution in [1.29, 1.82) is 0 Å². The zero-order valence-electron chi connectivity index (χ0n) is 10.1. The summed E-state index contributed by atoms with van der Waals surface area (Å²) in [5.41, 5.74) is 11.8. The molecule has 1 aliphatic rings. The van der Waals surface area contributed by atoms with Gasteiger partial charge in [-0.3, -0.25) is 0 Å². The van der Waals surface area contributed by atoms with Gasteiger partial charge in [0.05, 0.1) is 5.69 Å². The summed E-state index contributed by atoms with van der Waals surface area (Å²) in [4.78, 5) is 5.24. The van der Waals surface area contributed by atoms with Gasteiger partial charge in [0, 0.05) is 4.90 Å². The van der Waals surface area contributed by atoms with E-state index < -0.39 is 0 Å². The van der Waals surface area contributed by atoms with E-state index >= 15 is 0 Å². The Kier molecular flexibility index (Phi) is 3.08. The van der Waals surface area contributed by atoms with Crippen molar-refractivity contribution in [3.63, 3.8) is 0 Å². The molecular weight excluding hydrogens is 262 g/mol. The molecule has 98 valence electrons. The summed E-state index contributed by atoms with van der Waals surface area (Å²) in [6.45, 7) is 1.17. The van der Waals surface area contributed by atoms with Crippen LogP contribution in [0.3, 0.4) is 0 Å². The lowest BCUT2D eigenvalue weighted by atomic mass is 10.3. The van der Waals surface area contributed by atoms with Crippen LogP contribution in [0.1, 0.15) is 0 Å². The average molecular weight is 275 g/mol. The van der Waals surface area contributed by atoms with Crippen LogP contribution in [0.15, 0.2) is 40.3 Å². The Morgan fingerprint density at radius 1 is 1.00 bits per heavy atom. The standard InChI is InChI=1S/C13H13N3O2S/c14-9-2-4-12(16-13(9)15)19-8-1-3-10-11(7-8)18-6-5-17-10/h1-4,7H,5-6,14H2,(H2,15,16). The number of aromatic nitrogens is 1. The first-order chi connectivity index (χ1) is 9.22. The number of nitrogens with zero attached hydrogens (tertiary/aromatic N) is 1. The van der Waals surface area contributed by atoms with Gasteiger partial charge in [-0.15, -0.1) is 0 Å². The van der Waals surface area contributed by atoms with Crippen molar-refractivity contribution in [3.05, 3.63) is 30.3 Å². The molecule has 6 heteroatoms. The second-order valence-electron chi connectivity index (χ2n) is 4.03. The summed E-state index contributed by atoms with van der Waals surface area (Å²) < 4.78 is 11.0. The van der Waals surface area contributed by atoms with Crippen LogP contribution < -0.4 is 20.9 Å². The van der Waals surface area contributed by atoms with E-state index in [2.05, 4.69) is 4.98 Å². The highest BCUT2D eigenvalue weighted by atomic mass is 32.2. The van der Waals surface area contributed by atoms with Crippen LogP contribution in [0.4, 0.5) is 11.5 Å². The number of nitrogen functional groups attached to an aromatic ring is 2. The fraction of sp³-hybridized carbons (Fsp3) is 0.154. The van der Waals surface area contributed by atoms with E-state index in [0.717, 1.165) is 21.4 Å².